The van der Waals surface area contributed by atoms with Gasteiger partial charge in [0.05, 0.1) is 0 Å². The van der Waals surface area contributed by atoms with E-state index in [1.165, 1.54) is 12.1 Å². The van der Waals surface area contributed by atoms with Gasteiger partial charge in [0.2, 0.25) is 5.95 Å². The molecule has 2 aromatic rings. The van der Waals surface area contributed by atoms with Gasteiger partial charge in [-0.2, -0.15) is 0 Å². The maximum atomic E-state index is 12.9. The second-order valence-corrected chi connectivity index (χ2v) is 6.14. The van der Waals surface area contributed by atoms with Gasteiger partial charge in [-0.3, -0.25) is 4.79 Å². The Bertz CT molecular complexity index is 686. The summed E-state index contributed by atoms with van der Waals surface area (Å²) in [6.07, 6.45) is 1.00. The molecule has 0 saturated heterocycles. The van der Waals surface area contributed by atoms with Crippen LogP contribution in [0, 0.1) is 18.7 Å². The first-order valence-electron chi connectivity index (χ1n) is 8.06. The van der Waals surface area contributed by atoms with E-state index in [0.717, 1.165) is 24.2 Å². The molecule has 1 aromatic heterocycles. The standard InChI is InChI=1S/C18H23FN4O/c1-12(2)8-9-20-18-22-13(3)10-16(23-18)17(24)21-11-14-4-6-15(19)7-5-14/h4-7,10,12H,8-9,11H2,1-3H3,(H,21,24)(H,20,22,23). The van der Waals surface area contributed by atoms with Crippen LogP contribution in [0.1, 0.15) is 42.0 Å². The van der Waals surface area contributed by atoms with Gasteiger partial charge in [0.15, 0.2) is 0 Å². The Kier molecular flexibility index (Phi) is 6.23. The van der Waals surface area contributed by atoms with E-state index in [1.54, 1.807) is 18.2 Å². The average Bonchev–Trinajstić information content (AvgIpc) is 2.53. The molecule has 0 bridgehead atoms. The molecule has 1 amide bonds. The van der Waals surface area contributed by atoms with E-state index < -0.39 is 0 Å². The van der Waals surface area contributed by atoms with Crippen LogP contribution in [0.2, 0.25) is 0 Å². The molecule has 0 saturated carbocycles. The molecule has 0 aliphatic carbocycles. The molecule has 128 valence electrons. The number of hydrogen-bond donors (Lipinski definition) is 2. The van der Waals surface area contributed by atoms with Crippen LogP contribution in [0.3, 0.4) is 0 Å². The topological polar surface area (TPSA) is 66.9 Å². The normalized spacial score (nSPS) is 10.7. The predicted octanol–water partition coefficient (Wildman–Crippen LogP) is 3.31. The lowest BCUT2D eigenvalue weighted by atomic mass is 10.1. The number of rotatable bonds is 7. The maximum absolute atomic E-state index is 12.9. The van der Waals surface area contributed by atoms with Gasteiger partial charge in [-0.05, 0) is 43.0 Å². The third-order valence-electron chi connectivity index (χ3n) is 3.46. The van der Waals surface area contributed by atoms with Gasteiger partial charge in [-0.25, -0.2) is 14.4 Å². The monoisotopic (exact) mass is 330 g/mol. The van der Waals surface area contributed by atoms with Crippen LogP contribution < -0.4 is 10.6 Å². The highest BCUT2D eigenvalue weighted by molar-refractivity contribution is 5.92. The summed E-state index contributed by atoms with van der Waals surface area (Å²) in [5.74, 6) is 0.466. The van der Waals surface area contributed by atoms with Crippen molar-refractivity contribution >= 4 is 11.9 Å². The minimum absolute atomic E-state index is 0.281. The number of amides is 1. The highest BCUT2D eigenvalue weighted by Gasteiger charge is 2.10. The molecule has 0 aliphatic heterocycles. The fraction of sp³-hybridized carbons (Fsp3) is 0.389. The molecule has 5 nitrogen and oxygen atoms in total. The van der Waals surface area contributed by atoms with Gasteiger partial charge in [0.1, 0.15) is 11.5 Å². The lowest BCUT2D eigenvalue weighted by Crippen LogP contribution is -2.24. The molecule has 1 heterocycles. The number of hydrogen-bond acceptors (Lipinski definition) is 4. The van der Waals surface area contributed by atoms with Crippen LogP contribution >= 0.6 is 0 Å². The molecule has 0 unspecified atom stereocenters. The molecular formula is C18H23FN4O. The van der Waals surface area contributed by atoms with Crippen molar-refractivity contribution < 1.29 is 9.18 Å². The van der Waals surface area contributed by atoms with E-state index in [0.29, 0.717) is 24.1 Å². The zero-order valence-electron chi connectivity index (χ0n) is 14.3. The molecule has 0 radical (unpaired) electrons. The lowest BCUT2D eigenvalue weighted by molar-refractivity contribution is 0.0945. The van der Waals surface area contributed by atoms with Crippen molar-refractivity contribution in [3.8, 4) is 0 Å². The lowest BCUT2D eigenvalue weighted by Gasteiger charge is -2.10. The largest absolute Gasteiger partial charge is 0.354 e. The van der Waals surface area contributed by atoms with E-state index in [-0.39, 0.29) is 11.7 Å². The first-order valence-corrected chi connectivity index (χ1v) is 8.06. The number of benzene rings is 1. The molecule has 0 aliphatic rings. The third kappa shape index (κ3) is 5.61. The van der Waals surface area contributed by atoms with Crippen LogP contribution in [0.5, 0.6) is 0 Å². The van der Waals surface area contributed by atoms with Crippen molar-refractivity contribution in [2.75, 3.05) is 11.9 Å². The summed E-state index contributed by atoms with van der Waals surface area (Å²) in [5.41, 5.74) is 1.87. The molecule has 0 fully saturated rings. The molecule has 1 aromatic carbocycles. The van der Waals surface area contributed by atoms with E-state index in [1.807, 2.05) is 6.92 Å². The third-order valence-corrected chi connectivity index (χ3v) is 3.46. The van der Waals surface area contributed by atoms with Gasteiger partial charge in [0.25, 0.3) is 5.91 Å². The van der Waals surface area contributed by atoms with Crippen molar-refractivity contribution in [3.63, 3.8) is 0 Å². The van der Waals surface area contributed by atoms with Crippen molar-refractivity contribution in [3.05, 3.63) is 53.1 Å². The fourth-order valence-electron chi connectivity index (χ4n) is 2.11. The summed E-state index contributed by atoms with van der Waals surface area (Å²) in [6, 6.07) is 7.66. The maximum Gasteiger partial charge on any atom is 0.270 e. The first kappa shape index (κ1) is 17.8. The van der Waals surface area contributed by atoms with E-state index in [2.05, 4.69) is 34.4 Å². The predicted molar refractivity (Wildman–Crippen MR) is 92.3 cm³/mol. The summed E-state index contributed by atoms with van der Waals surface area (Å²) < 4.78 is 12.9. The van der Waals surface area contributed by atoms with Crippen molar-refractivity contribution in [1.82, 2.24) is 15.3 Å². The number of halogens is 1. The van der Waals surface area contributed by atoms with Gasteiger partial charge >= 0.3 is 0 Å². The van der Waals surface area contributed by atoms with E-state index in [4.69, 9.17) is 0 Å². The summed E-state index contributed by atoms with van der Waals surface area (Å²) >= 11 is 0. The highest BCUT2D eigenvalue weighted by atomic mass is 19.1. The molecule has 0 atom stereocenters. The van der Waals surface area contributed by atoms with Crippen molar-refractivity contribution in [2.24, 2.45) is 5.92 Å². The van der Waals surface area contributed by atoms with Crippen molar-refractivity contribution in [2.45, 2.75) is 33.7 Å². The Morgan fingerprint density at radius 3 is 2.58 bits per heavy atom. The number of aryl methyl sites for hydroxylation is 1. The number of nitrogens with one attached hydrogen (secondary N) is 2. The Balaban J connectivity index is 1.97. The molecule has 0 spiro atoms. The minimum atomic E-state index is -0.298. The number of carbonyl (C=O) groups excluding carboxylic acids is 1. The first-order chi connectivity index (χ1) is 11.4. The van der Waals surface area contributed by atoms with Gasteiger partial charge in [0, 0.05) is 18.8 Å². The zero-order valence-corrected chi connectivity index (χ0v) is 14.3. The second kappa shape index (κ2) is 8.38. The van der Waals surface area contributed by atoms with E-state index >= 15 is 0 Å². The van der Waals surface area contributed by atoms with Crippen LogP contribution in [0.4, 0.5) is 10.3 Å². The zero-order chi connectivity index (χ0) is 17.5. The number of aromatic nitrogens is 2. The molecule has 6 heteroatoms. The van der Waals surface area contributed by atoms with Crippen LogP contribution in [-0.2, 0) is 6.54 Å². The molecular weight excluding hydrogens is 307 g/mol. The van der Waals surface area contributed by atoms with Crippen molar-refractivity contribution in [1.29, 1.82) is 0 Å². The Labute approximate surface area is 141 Å². The van der Waals surface area contributed by atoms with Crippen LogP contribution in [-0.4, -0.2) is 22.4 Å². The number of carbonyl (C=O) groups is 1. The Hall–Kier alpha value is -2.50. The Morgan fingerprint density at radius 1 is 1.21 bits per heavy atom. The average molecular weight is 330 g/mol. The molecule has 2 N–H and O–H groups in total. The summed E-state index contributed by atoms with van der Waals surface area (Å²) in [7, 11) is 0. The number of nitrogens with zero attached hydrogens (tertiary/aromatic N) is 2. The fourth-order valence-corrected chi connectivity index (χ4v) is 2.11. The minimum Gasteiger partial charge on any atom is -0.354 e. The molecule has 2 rings (SSSR count). The van der Waals surface area contributed by atoms with E-state index in [9.17, 15) is 9.18 Å². The van der Waals surface area contributed by atoms with Gasteiger partial charge in [-0.1, -0.05) is 26.0 Å². The quantitative estimate of drug-likeness (QED) is 0.817. The Morgan fingerprint density at radius 2 is 1.92 bits per heavy atom. The van der Waals surface area contributed by atoms with Gasteiger partial charge < -0.3 is 10.6 Å². The summed E-state index contributed by atoms with van der Waals surface area (Å²) in [4.78, 5) is 20.8. The summed E-state index contributed by atoms with van der Waals surface area (Å²) in [5, 5.41) is 5.93. The highest BCUT2D eigenvalue weighted by Crippen LogP contribution is 2.08. The second-order valence-electron chi connectivity index (χ2n) is 6.14. The number of anilines is 1. The van der Waals surface area contributed by atoms with Crippen LogP contribution in [0.25, 0.3) is 0 Å². The van der Waals surface area contributed by atoms with Gasteiger partial charge in [-0.15, -0.1) is 0 Å². The smallest absolute Gasteiger partial charge is 0.270 e. The summed E-state index contributed by atoms with van der Waals surface area (Å²) in [6.45, 7) is 7.20. The van der Waals surface area contributed by atoms with Crippen LogP contribution in [0.15, 0.2) is 30.3 Å². The SMILES string of the molecule is Cc1cc(C(=O)NCc2ccc(F)cc2)nc(NCCC(C)C)n1. The molecule has 24 heavy (non-hydrogen) atoms.